The van der Waals surface area contributed by atoms with E-state index in [-0.39, 0.29) is 14.2 Å². The monoisotopic (exact) mass is 299 g/mol. The lowest BCUT2D eigenvalue weighted by Gasteiger charge is -1.99. The molecule has 1 aromatic heterocycles. The zero-order chi connectivity index (χ0) is 10.9. The number of thiophene rings is 1. The molecule has 0 aliphatic carbocycles. The second kappa shape index (κ2) is 3.97. The largest absolute Gasteiger partial charge is 0.465 e. The minimum absolute atomic E-state index is 0.0260. The third-order valence-electron chi connectivity index (χ3n) is 1.36. The molecule has 1 heterocycles. The van der Waals surface area contributed by atoms with E-state index in [2.05, 4.69) is 20.7 Å². The number of carbonyl (C=O) groups is 1. The minimum Gasteiger partial charge on any atom is -0.465 e. The van der Waals surface area contributed by atoms with Crippen molar-refractivity contribution in [2.45, 2.75) is 4.90 Å². The highest BCUT2D eigenvalue weighted by atomic mass is 79.9. The van der Waals surface area contributed by atoms with Crippen molar-refractivity contribution < 1.29 is 17.9 Å². The third kappa shape index (κ3) is 2.14. The van der Waals surface area contributed by atoms with Gasteiger partial charge in [0.1, 0.15) is 9.77 Å². The average molecular weight is 300 g/mol. The Morgan fingerprint density at radius 1 is 1.64 bits per heavy atom. The maximum Gasteiger partial charge on any atom is 0.349 e. The van der Waals surface area contributed by atoms with Crippen molar-refractivity contribution >= 4 is 43.3 Å². The van der Waals surface area contributed by atoms with Crippen LogP contribution in [0.4, 0.5) is 0 Å². The molecule has 8 heteroatoms. The molecule has 0 atom stereocenters. The molecule has 0 fully saturated rings. The van der Waals surface area contributed by atoms with Crippen LogP contribution < -0.4 is 5.14 Å². The fourth-order valence-corrected chi connectivity index (χ4v) is 4.09. The van der Waals surface area contributed by atoms with Gasteiger partial charge >= 0.3 is 5.97 Å². The van der Waals surface area contributed by atoms with Crippen LogP contribution in [0.5, 0.6) is 0 Å². The lowest BCUT2D eigenvalue weighted by molar-refractivity contribution is 0.0602. The van der Waals surface area contributed by atoms with Gasteiger partial charge in [0.2, 0.25) is 10.0 Å². The van der Waals surface area contributed by atoms with E-state index in [1.165, 1.54) is 12.5 Å². The number of rotatable bonds is 2. The molecule has 0 aliphatic heterocycles. The maximum absolute atomic E-state index is 11.1. The topological polar surface area (TPSA) is 86.5 Å². The fraction of sp³-hybridized carbons (Fsp3) is 0.167. The van der Waals surface area contributed by atoms with Crippen molar-refractivity contribution in [2.24, 2.45) is 5.14 Å². The number of hydrogen-bond acceptors (Lipinski definition) is 5. The van der Waals surface area contributed by atoms with E-state index in [9.17, 15) is 13.2 Å². The third-order valence-corrected chi connectivity index (χ3v) is 4.63. The molecule has 0 saturated heterocycles. The predicted octanol–water partition coefficient (Wildman–Crippen LogP) is 0.945. The lowest BCUT2D eigenvalue weighted by atomic mass is 10.5. The number of ether oxygens (including phenoxy) is 1. The summed E-state index contributed by atoms with van der Waals surface area (Å²) >= 11 is 3.95. The molecule has 78 valence electrons. The van der Waals surface area contributed by atoms with Gasteiger partial charge in [-0.1, -0.05) is 0 Å². The Bertz CT molecular complexity index is 464. The summed E-state index contributed by atoms with van der Waals surface area (Å²) in [6.07, 6.45) is 0. The molecule has 0 aromatic carbocycles. The highest BCUT2D eigenvalue weighted by Crippen LogP contribution is 2.31. The number of methoxy groups -OCH3 is 1. The highest BCUT2D eigenvalue weighted by molar-refractivity contribution is 9.10. The maximum atomic E-state index is 11.1. The normalized spacial score (nSPS) is 11.4. The Hall–Kier alpha value is -0.440. The van der Waals surface area contributed by atoms with Gasteiger partial charge in [0.15, 0.2) is 0 Å². The van der Waals surface area contributed by atoms with Crippen LogP contribution in [0, 0.1) is 0 Å². The smallest absolute Gasteiger partial charge is 0.349 e. The van der Waals surface area contributed by atoms with Crippen LogP contribution >= 0.6 is 27.3 Å². The Kier molecular flexibility index (Phi) is 3.30. The number of carbonyl (C=O) groups excluding carboxylic acids is 1. The Morgan fingerprint density at radius 3 is 2.64 bits per heavy atom. The summed E-state index contributed by atoms with van der Waals surface area (Å²) in [6.45, 7) is 0. The number of hydrogen-bond donors (Lipinski definition) is 1. The molecular formula is C6H6BrNO4S2. The van der Waals surface area contributed by atoms with Gasteiger partial charge in [0.05, 0.1) is 7.11 Å². The number of halogens is 1. The van der Waals surface area contributed by atoms with Crippen LogP contribution in [0.15, 0.2) is 14.7 Å². The molecule has 0 saturated carbocycles. The highest BCUT2D eigenvalue weighted by Gasteiger charge is 2.25. The molecular weight excluding hydrogens is 294 g/mol. The van der Waals surface area contributed by atoms with E-state index >= 15 is 0 Å². The van der Waals surface area contributed by atoms with Gasteiger partial charge in [-0.2, -0.15) is 0 Å². The molecule has 0 spiro atoms. The van der Waals surface area contributed by atoms with Gasteiger partial charge < -0.3 is 4.74 Å². The Balaban J connectivity index is 3.42. The fourth-order valence-electron chi connectivity index (χ4n) is 0.825. The van der Waals surface area contributed by atoms with Crippen molar-refractivity contribution in [3.63, 3.8) is 0 Å². The van der Waals surface area contributed by atoms with Crippen molar-refractivity contribution in [1.82, 2.24) is 0 Å². The van der Waals surface area contributed by atoms with Gasteiger partial charge in [-0.25, -0.2) is 18.4 Å². The SMILES string of the molecule is COC(=O)c1scc(Br)c1S(N)(=O)=O. The van der Waals surface area contributed by atoms with Gasteiger partial charge in [0.25, 0.3) is 0 Å². The van der Waals surface area contributed by atoms with Crippen LogP contribution in [-0.2, 0) is 14.8 Å². The number of esters is 1. The first-order chi connectivity index (χ1) is 6.38. The van der Waals surface area contributed by atoms with E-state index in [4.69, 9.17) is 5.14 Å². The summed E-state index contributed by atoms with van der Waals surface area (Å²) in [4.78, 5) is 10.9. The zero-order valence-corrected chi connectivity index (χ0v) is 10.2. The molecule has 0 bridgehead atoms. The van der Waals surface area contributed by atoms with Crippen LogP contribution in [0.1, 0.15) is 9.67 Å². The van der Waals surface area contributed by atoms with Crippen molar-refractivity contribution in [2.75, 3.05) is 7.11 Å². The summed E-state index contributed by atoms with van der Waals surface area (Å²) in [5, 5.41) is 6.40. The van der Waals surface area contributed by atoms with Gasteiger partial charge in [-0.3, -0.25) is 0 Å². The summed E-state index contributed by atoms with van der Waals surface area (Å²) in [5.41, 5.74) is 0. The molecule has 0 radical (unpaired) electrons. The van der Waals surface area contributed by atoms with Crippen molar-refractivity contribution in [3.05, 3.63) is 14.7 Å². The first-order valence-corrected chi connectivity index (χ1v) is 6.48. The number of sulfonamides is 1. The van der Waals surface area contributed by atoms with Crippen LogP contribution in [0.25, 0.3) is 0 Å². The van der Waals surface area contributed by atoms with Crippen molar-refractivity contribution in [3.8, 4) is 0 Å². The molecule has 0 amide bonds. The molecule has 2 N–H and O–H groups in total. The number of primary sulfonamides is 1. The standard InChI is InChI=1S/C6H6BrNO4S2/c1-12-6(9)4-5(14(8,10)11)3(7)2-13-4/h2H,1H3,(H2,8,10,11). The molecule has 0 aliphatic rings. The molecule has 14 heavy (non-hydrogen) atoms. The van der Waals surface area contributed by atoms with Crippen LogP contribution in [0.2, 0.25) is 0 Å². The van der Waals surface area contributed by atoms with Crippen LogP contribution in [0.3, 0.4) is 0 Å². The first kappa shape index (κ1) is 11.6. The molecule has 0 unspecified atom stereocenters. The Morgan fingerprint density at radius 2 is 2.21 bits per heavy atom. The lowest BCUT2D eigenvalue weighted by Crippen LogP contribution is -2.15. The minimum atomic E-state index is -3.91. The molecule has 5 nitrogen and oxygen atoms in total. The first-order valence-electron chi connectivity index (χ1n) is 3.26. The summed E-state index contributed by atoms with van der Waals surface area (Å²) in [7, 11) is -2.74. The van der Waals surface area contributed by atoms with Crippen molar-refractivity contribution in [1.29, 1.82) is 0 Å². The Labute approximate surface area is 93.0 Å². The van der Waals surface area contributed by atoms with E-state index in [0.29, 0.717) is 0 Å². The van der Waals surface area contributed by atoms with E-state index in [1.54, 1.807) is 0 Å². The summed E-state index contributed by atoms with van der Waals surface area (Å²) < 4.78 is 26.9. The molecule has 1 rings (SSSR count). The van der Waals surface area contributed by atoms with E-state index < -0.39 is 16.0 Å². The van der Waals surface area contributed by atoms with E-state index in [1.807, 2.05) is 0 Å². The second-order valence-corrected chi connectivity index (χ2v) is 5.51. The predicted molar refractivity (Wildman–Crippen MR) is 54.7 cm³/mol. The summed E-state index contributed by atoms with van der Waals surface area (Å²) in [6, 6.07) is 0. The zero-order valence-electron chi connectivity index (χ0n) is 6.98. The van der Waals surface area contributed by atoms with Gasteiger partial charge in [-0.05, 0) is 15.9 Å². The quantitative estimate of drug-likeness (QED) is 0.824. The number of nitrogens with two attached hydrogens (primary N) is 1. The molecule has 1 aromatic rings. The van der Waals surface area contributed by atoms with Crippen LogP contribution in [-0.4, -0.2) is 21.5 Å². The second-order valence-electron chi connectivity index (χ2n) is 2.28. The average Bonchev–Trinajstić information content (AvgIpc) is 2.44. The van der Waals surface area contributed by atoms with Gasteiger partial charge in [0, 0.05) is 9.85 Å². The summed E-state index contributed by atoms with van der Waals surface area (Å²) in [5.74, 6) is -0.718. The van der Waals surface area contributed by atoms with Gasteiger partial charge in [-0.15, -0.1) is 11.3 Å². The van der Waals surface area contributed by atoms with E-state index in [0.717, 1.165) is 11.3 Å².